The lowest BCUT2D eigenvalue weighted by molar-refractivity contribution is 0.0559. The molecule has 0 radical (unpaired) electrons. The number of ether oxygens (including phenoxy) is 1. The van der Waals surface area contributed by atoms with Crippen molar-refractivity contribution in [2.45, 2.75) is 11.4 Å². The number of fused-ring (bicyclic) bond motifs is 1. The third-order valence-electron chi connectivity index (χ3n) is 3.54. The molecular weight excluding hydrogens is 363 g/mol. The molecule has 0 unspecified atom stereocenters. The lowest BCUT2D eigenvalue weighted by Crippen LogP contribution is -2.41. The fraction of sp³-hybridized carbons (Fsp3) is 0.385. The highest BCUT2D eigenvalue weighted by molar-refractivity contribution is 9.10. The molecule has 1 aromatic carbocycles. The van der Waals surface area contributed by atoms with E-state index in [9.17, 15) is 9.18 Å². The fourth-order valence-electron chi connectivity index (χ4n) is 2.63. The van der Waals surface area contributed by atoms with Gasteiger partial charge in [-0.05, 0) is 36.4 Å². The number of halogens is 2. The Morgan fingerprint density at radius 1 is 1.62 bits per heavy atom. The molecule has 112 valence electrons. The molecule has 0 spiro atoms. The largest absolute Gasteiger partial charge is 0.465 e. The molecule has 2 N–H and O–H groups in total. The van der Waals surface area contributed by atoms with Crippen LogP contribution in [0, 0.1) is 11.7 Å². The highest BCUT2D eigenvalue weighted by Gasteiger charge is 2.51. The Kier molecular flexibility index (Phi) is 3.94. The van der Waals surface area contributed by atoms with Crippen molar-refractivity contribution < 1.29 is 19.0 Å². The maximum Gasteiger partial charge on any atom is 0.410 e. The van der Waals surface area contributed by atoms with E-state index in [1.54, 1.807) is 12.1 Å². The van der Waals surface area contributed by atoms with E-state index in [2.05, 4.69) is 26.2 Å². The van der Waals surface area contributed by atoms with Crippen molar-refractivity contribution in [1.29, 1.82) is 0 Å². The smallest absolute Gasteiger partial charge is 0.410 e. The number of carbonyl (C=O) groups is 1. The van der Waals surface area contributed by atoms with E-state index in [1.165, 1.54) is 6.07 Å². The van der Waals surface area contributed by atoms with E-state index in [-0.39, 0.29) is 16.9 Å². The quantitative estimate of drug-likeness (QED) is 0.791. The van der Waals surface area contributed by atoms with Crippen molar-refractivity contribution in [1.82, 2.24) is 5.32 Å². The topological polar surface area (TPSA) is 70.9 Å². The summed E-state index contributed by atoms with van der Waals surface area (Å²) in [7, 11) is 0. The van der Waals surface area contributed by atoms with Crippen LogP contribution in [0.2, 0.25) is 0 Å². The minimum Gasteiger partial charge on any atom is -0.465 e. The zero-order valence-electron chi connectivity index (χ0n) is 10.8. The van der Waals surface area contributed by atoms with Crippen molar-refractivity contribution in [2.75, 3.05) is 13.2 Å². The molecule has 0 bridgehead atoms. The van der Waals surface area contributed by atoms with E-state index >= 15 is 0 Å². The number of amides is 1. The van der Waals surface area contributed by atoms with E-state index < -0.39 is 11.0 Å². The average molecular weight is 375 g/mol. The summed E-state index contributed by atoms with van der Waals surface area (Å²) in [5.41, 5.74) is 0.420. The Balaban J connectivity index is 2.02. The highest BCUT2D eigenvalue weighted by atomic mass is 79.9. The van der Waals surface area contributed by atoms with Crippen molar-refractivity contribution in [3.05, 3.63) is 34.1 Å². The molecule has 1 saturated heterocycles. The van der Waals surface area contributed by atoms with E-state index in [4.69, 9.17) is 9.84 Å². The lowest BCUT2D eigenvalue weighted by Gasteiger charge is -2.36. The minimum atomic E-state index is -1.19. The second-order valence-electron chi connectivity index (χ2n) is 4.80. The second kappa shape index (κ2) is 5.58. The third kappa shape index (κ3) is 2.67. The number of rotatable bonds is 1. The van der Waals surface area contributed by atoms with Gasteiger partial charge in [-0.15, -0.1) is 0 Å². The van der Waals surface area contributed by atoms with Gasteiger partial charge in [0.1, 0.15) is 5.82 Å². The first-order chi connectivity index (χ1) is 10.0. The van der Waals surface area contributed by atoms with Gasteiger partial charge in [-0.3, -0.25) is 10.3 Å². The van der Waals surface area contributed by atoms with Crippen LogP contribution in [-0.2, 0) is 9.67 Å². The van der Waals surface area contributed by atoms with Gasteiger partial charge in [-0.2, -0.15) is 0 Å². The van der Waals surface area contributed by atoms with Gasteiger partial charge < -0.3 is 9.84 Å². The van der Waals surface area contributed by atoms with Crippen LogP contribution < -0.4 is 5.32 Å². The summed E-state index contributed by atoms with van der Waals surface area (Å²) in [4.78, 5) is 14.1. The Bertz CT molecular complexity index is 627. The Morgan fingerprint density at radius 2 is 2.43 bits per heavy atom. The maximum absolute atomic E-state index is 14.3. The fourth-order valence-corrected chi connectivity index (χ4v) is 4.32. The predicted molar refractivity (Wildman–Crippen MR) is 80.9 cm³/mol. The molecule has 2 heterocycles. The summed E-state index contributed by atoms with van der Waals surface area (Å²) in [6.07, 6.45) is -0.425. The van der Waals surface area contributed by atoms with Crippen LogP contribution in [0.25, 0.3) is 0 Å². The van der Waals surface area contributed by atoms with Crippen LogP contribution in [0.4, 0.5) is 9.18 Å². The van der Waals surface area contributed by atoms with Gasteiger partial charge in [0.05, 0.1) is 0 Å². The summed E-state index contributed by atoms with van der Waals surface area (Å²) in [6, 6.07) is 4.69. The molecular formula is C13H12BrFN2O3S. The predicted octanol–water partition coefficient (Wildman–Crippen LogP) is 3.15. The first-order valence-electron chi connectivity index (χ1n) is 6.34. The van der Waals surface area contributed by atoms with Crippen molar-refractivity contribution in [3.8, 4) is 0 Å². The number of thioether (sulfide) groups is 1. The Hall–Kier alpha value is -1.12. The van der Waals surface area contributed by atoms with E-state index in [0.29, 0.717) is 18.7 Å². The monoisotopic (exact) mass is 374 g/mol. The number of hydrogen-bond acceptors (Lipinski definition) is 4. The minimum absolute atomic E-state index is 0.0191. The number of aliphatic imine (C=N–C) groups is 1. The molecule has 1 aromatic rings. The first-order valence-corrected chi connectivity index (χ1v) is 7.95. The van der Waals surface area contributed by atoms with E-state index in [0.717, 1.165) is 22.7 Å². The van der Waals surface area contributed by atoms with Gasteiger partial charge in [0.25, 0.3) is 0 Å². The molecule has 21 heavy (non-hydrogen) atoms. The summed E-state index contributed by atoms with van der Waals surface area (Å²) < 4.78 is 20.9. The first kappa shape index (κ1) is 14.8. The van der Waals surface area contributed by atoms with Gasteiger partial charge in [-0.25, -0.2) is 9.18 Å². The molecule has 0 saturated carbocycles. The summed E-state index contributed by atoms with van der Waals surface area (Å²) in [6.45, 7) is 0.911. The van der Waals surface area contributed by atoms with Crippen molar-refractivity contribution >= 4 is 39.0 Å². The molecule has 1 amide bonds. The SMILES string of the molecule is O=C(O)NC1=NC[C@H]2CCO[C@@]2(c2cc(Br)ccc2F)S1. The van der Waals surface area contributed by atoms with Gasteiger partial charge >= 0.3 is 6.09 Å². The summed E-state index contributed by atoms with van der Waals surface area (Å²) in [5.74, 6) is -0.347. The number of carboxylic acid groups (broad SMARTS) is 1. The highest BCUT2D eigenvalue weighted by Crippen LogP contribution is 2.53. The summed E-state index contributed by atoms with van der Waals surface area (Å²) >= 11 is 4.47. The zero-order chi connectivity index (χ0) is 15.0. The van der Waals surface area contributed by atoms with Crippen LogP contribution in [0.3, 0.4) is 0 Å². The van der Waals surface area contributed by atoms with Gasteiger partial charge in [0.2, 0.25) is 0 Å². The Labute approximate surface area is 133 Å². The number of benzene rings is 1. The van der Waals surface area contributed by atoms with Crippen LogP contribution in [-0.4, -0.2) is 29.5 Å². The van der Waals surface area contributed by atoms with Crippen LogP contribution in [0.1, 0.15) is 12.0 Å². The standard InChI is InChI=1S/C13H12BrFN2O3S/c14-8-1-2-10(15)9(5-8)13-7(3-4-20-13)6-16-11(21-13)17-12(18)19/h1-2,5,7H,3-4,6H2,(H,16,17)(H,18,19)/t7-,13-/m1/s1. The van der Waals surface area contributed by atoms with Crippen LogP contribution in [0.5, 0.6) is 0 Å². The number of nitrogens with one attached hydrogen (secondary N) is 1. The summed E-state index contributed by atoms with van der Waals surface area (Å²) in [5, 5.41) is 11.3. The van der Waals surface area contributed by atoms with Gasteiger partial charge in [0.15, 0.2) is 10.1 Å². The average Bonchev–Trinajstić information content (AvgIpc) is 2.84. The zero-order valence-corrected chi connectivity index (χ0v) is 13.2. The molecule has 3 rings (SSSR count). The normalized spacial score (nSPS) is 27.9. The van der Waals surface area contributed by atoms with Gasteiger partial charge in [-0.1, -0.05) is 15.9 Å². The molecule has 0 aromatic heterocycles. The molecule has 2 aliphatic heterocycles. The van der Waals surface area contributed by atoms with Gasteiger partial charge in [0, 0.05) is 29.1 Å². The number of nitrogens with zero attached hydrogens (tertiary/aromatic N) is 1. The molecule has 1 fully saturated rings. The number of hydrogen-bond donors (Lipinski definition) is 2. The molecule has 8 heteroatoms. The van der Waals surface area contributed by atoms with Crippen molar-refractivity contribution in [3.63, 3.8) is 0 Å². The molecule has 0 aliphatic carbocycles. The molecule has 2 aliphatic rings. The third-order valence-corrected chi connectivity index (χ3v) is 5.43. The molecule has 5 nitrogen and oxygen atoms in total. The van der Waals surface area contributed by atoms with E-state index in [1.807, 2.05) is 0 Å². The Morgan fingerprint density at radius 3 is 3.19 bits per heavy atom. The van der Waals surface area contributed by atoms with Crippen LogP contribution in [0.15, 0.2) is 27.7 Å². The number of amidine groups is 1. The lowest BCUT2D eigenvalue weighted by atomic mass is 9.94. The van der Waals surface area contributed by atoms with Crippen molar-refractivity contribution in [2.24, 2.45) is 10.9 Å². The second-order valence-corrected chi connectivity index (χ2v) is 6.92. The van der Waals surface area contributed by atoms with Crippen LogP contribution >= 0.6 is 27.7 Å². The maximum atomic E-state index is 14.3. The molecule has 2 atom stereocenters.